The molecule has 0 amide bonds. The van der Waals surface area contributed by atoms with Crippen molar-refractivity contribution in [2.24, 2.45) is 5.92 Å². The van der Waals surface area contributed by atoms with Gasteiger partial charge in [0.2, 0.25) is 5.95 Å². The van der Waals surface area contributed by atoms with Crippen LogP contribution in [0.2, 0.25) is 0 Å². The van der Waals surface area contributed by atoms with Gasteiger partial charge in [0.15, 0.2) is 11.2 Å². The maximum Gasteiger partial charge on any atom is 0.280 e. The number of aromatic nitrogens is 4. The second kappa shape index (κ2) is 19.3. The molecule has 0 aliphatic carbocycles. The fourth-order valence-electron chi connectivity index (χ4n) is 7.57. The van der Waals surface area contributed by atoms with Crippen LogP contribution in [0.1, 0.15) is 77.3 Å². The molecular weight excluding hydrogens is 754 g/mol. The maximum atomic E-state index is 13.2. The number of imidazole rings is 1. The van der Waals surface area contributed by atoms with Crippen LogP contribution in [-0.4, -0.2) is 82.0 Å². The van der Waals surface area contributed by atoms with Gasteiger partial charge in [0.25, 0.3) is 5.56 Å². The van der Waals surface area contributed by atoms with Crippen molar-refractivity contribution in [3.63, 3.8) is 0 Å². The van der Waals surface area contributed by atoms with Crippen molar-refractivity contribution in [3.05, 3.63) is 112 Å². The molecule has 0 bridgehead atoms. The predicted molar refractivity (Wildman–Crippen MR) is 227 cm³/mol. The standard InChI is InChI=1S/C44H56N7O6P/c1-29(2)26-46-43-48-41-40(42(52)49-43)47-28-50(41)39-25-37(57-58(24-12-23-45)51(30(3)4)31(5)6)38(56-39)27-55-44(32-13-10-9-11-14-32,33-15-19-35(53-7)20-16-33)34-17-21-36(54-8)22-18-34/h9-11,13-22,28-31,37-39H,12,24-27H2,1-8H3,(H2,46,48,49,52)/t37-,38+,39+,58?/m0/s1. The van der Waals surface area contributed by atoms with Crippen LogP contribution >= 0.6 is 8.30 Å². The van der Waals surface area contributed by atoms with Crippen molar-refractivity contribution in [2.45, 2.75) is 90.5 Å². The average molecular weight is 810 g/mol. The van der Waals surface area contributed by atoms with E-state index >= 15 is 0 Å². The third-order valence-corrected chi connectivity index (χ3v) is 12.8. The number of aromatic amines is 1. The molecule has 1 unspecified atom stereocenters. The third-order valence-electron chi connectivity index (χ3n) is 10.2. The number of H-pyrrole nitrogens is 1. The van der Waals surface area contributed by atoms with Gasteiger partial charge in [0.05, 0.1) is 39.3 Å². The summed E-state index contributed by atoms with van der Waals surface area (Å²) in [4.78, 5) is 25.3. The molecule has 6 rings (SSSR count). The number of fused-ring (bicyclic) bond motifs is 1. The molecule has 14 heteroatoms. The summed E-state index contributed by atoms with van der Waals surface area (Å²) in [5, 5.41) is 12.9. The second-order valence-corrected chi connectivity index (χ2v) is 17.2. The van der Waals surface area contributed by atoms with Crippen molar-refractivity contribution in [1.29, 1.82) is 5.26 Å². The number of nitrogens with zero attached hydrogens (tertiary/aromatic N) is 5. The zero-order chi connectivity index (χ0) is 41.4. The lowest BCUT2D eigenvalue weighted by molar-refractivity contribution is -0.0900. The van der Waals surface area contributed by atoms with Gasteiger partial charge in [-0.05, 0) is 74.6 Å². The van der Waals surface area contributed by atoms with Crippen LogP contribution in [0.25, 0.3) is 11.2 Å². The maximum absolute atomic E-state index is 13.2. The summed E-state index contributed by atoms with van der Waals surface area (Å²) in [6.45, 7) is 13.6. The minimum atomic E-state index is -1.22. The zero-order valence-electron chi connectivity index (χ0n) is 34.7. The fraction of sp³-hybridized carbons (Fsp3) is 0.455. The molecule has 1 aliphatic rings. The van der Waals surface area contributed by atoms with Crippen LogP contribution in [0, 0.1) is 17.2 Å². The van der Waals surface area contributed by atoms with E-state index in [4.69, 9.17) is 28.5 Å². The number of nitrogens with one attached hydrogen (secondary N) is 2. The predicted octanol–water partition coefficient (Wildman–Crippen LogP) is 8.23. The Hall–Kier alpha value is -4.83. The van der Waals surface area contributed by atoms with Crippen LogP contribution in [0.4, 0.5) is 5.95 Å². The Morgan fingerprint density at radius 1 is 0.948 bits per heavy atom. The minimum Gasteiger partial charge on any atom is -0.497 e. The van der Waals surface area contributed by atoms with Gasteiger partial charge in [-0.2, -0.15) is 10.2 Å². The van der Waals surface area contributed by atoms with E-state index in [-0.39, 0.29) is 29.8 Å². The lowest BCUT2D eigenvalue weighted by Gasteiger charge is -2.40. The summed E-state index contributed by atoms with van der Waals surface area (Å²) in [6, 6.07) is 28.7. The van der Waals surface area contributed by atoms with Gasteiger partial charge in [-0.1, -0.05) is 68.4 Å². The van der Waals surface area contributed by atoms with Crippen molar-refractivity contribution < 1.29 is 23.5 Å². The van der Waals surface area contributed by atoms with Crippen LogP contribution < -0.4 is 20.3 Å². The van der Waals surface area contributed by atoms with Crippen molar-refractivity contribution in [2.75, 3.05) is 38.8 Å². The molecular formula is C44H56N7O6P. The monoisotopic (exact) mass is 809 g/mol. The molecule has 0 radical (unpaired) electrons. The van der Waals surface area contributed by atoms with E-state index < -0.39 is 32.3 Å². The van der Waals surface area contributed by atoms with Gasteiger partial charge in [0.1, 0.15) is 37.7 Å². The van der Waals surface area contributed by atoms with Gasteiger partial charge in [-0.15, -0.1) is 0 Å². The SMILES string of the molecule is COc1ccc(C(OC[C@H]2O[C@@H](n3cnc4c(=O)[nH]c(NCC(C)C)nc43)C[C@@H]2OP(CCC#N)N(C(C)C)C(C)C)(c2ccccc2)c2ccc(OC)cc2)cc1. The molecule has 1 fully saturated rings. The van der Waals surface area contributed by atoms with Gasteiger partial charge >= 0.3 is 0 Å². The van der Waals surface area contributed by atoms with Crippen LogP contribution in [0.15, 0.2) is 90.0 Å². The lowest BCUT2D eigenvalue weighted by atomic mass is 9.80. The summed E-state index contributed by atoms with van der Waals surface area (Å²) >= 11 is 0. The highest BCUT2D eigenvalue weighted by atomic mass is 31.2. The van der Waals surface area contributed by atoms with Crippen LogP contribution in [0.3, 0.4) is 0 Å². The van der Waals surface area contributed by atoms with E-state index in [0.717, 1.165) is 28.2 Å². The number of ether oxygens (including phenoxy) is 4. The second-order valence-electron chi connectivity index (χ2n) is 15.4. The van der Waals surface area contributed by atoms with Gasteiger partial charge < -0.3 is 28.8 Å². The minimum absolute atomic E-state index is 0.126. The first-order valence-electron chi connectivity index (χ1n) is 19.9. The Labute approximate surface area is 342 Å². The Morgan fingerprint density at radius 2 is 1.55 bits per heavy atom. The molecule has 5 aromatic rings. The highest BCUT2D eigenvalue weighted by molar-refractivity contribution is 7.50. The van der Waals surface area contributed by atoms with Gasteiger partial charge in [-0.25, -0.2) is 4.98 Å². The Balaban J connectivity index is 1.44. The number of hydrogen-bond acceptors (Lipinski definition) is 11. The molecule has 308 valence electrons. The molecule has 3 heterocycles. The van der Waals surface area contributed by atoms with E-state index in [2.05, 4.69) is 79.7 Å². The van der Waals surface area contributed by atoms with Crippen molar-refractivity contribution >= 4 is 25.4 Å². The molecule has 3 aromatic carbocycles. The van der Waals surface area contributed by atoms with Crippen molar-refractivity contribution in [1.82, 2.24) is 24.2 Å². The molecule has 0 saturated carbocycles. The topological polar surface area (TPSA) is 149 Å². The zero-order valence-corrected chi connectivity index (χ0v) is 35.6. The van der Waals surface area contributed by atoms with Crippen LogP contribution in [-0.2, 0) is 19.6 Å². The summed E-state index contributed by atoms with van der Waals surface area (Å²) in [5.74, 6) is 2.16. The van der Waals surface area contributed by atoms with E-state index in [1.54, 1.807) is 20.5 Å². The van der Waals surface area contributed by atoms with Gasteiger partial charge in [0, 0.05) is 37.6 Å². The summed E-state index contributed by atoms with van der Waals surface area (Å²) in [7, 11) is 2.08. The number of anilines is 1. The van der Waals surface area contributed by atoms with Gasteiger partial charge in [-0.3, -0.25) is 19.0 Å². The molecule has 2 N–H and O–H groups in total. The molecule has 58 heavy (non-hydrogen) atoms. The largest absolute Gasteiger partial charge is 0.497 e. The third kappa shape index (κ3) is 9.38. The molecule has 2 aromatic heterocycles. The van der Waals surface area contributed by atoms with E-state index in [9.17, 15) is 10.1 Å². The number of rotatable bonds is 19. The summed E-state index contributed by atoms with van der Waals surface area (Å²) in [6.07, 6.45) is 1.38. The highest BCUT2D eigenvalue weighted by Crippen LogP contribution is 2.50. The molecule has 1 aliphatic heterocycles. The summed E-state index contributed by atoms with van der Waals surface area (Å²) in [5.41, 5.74) is 1.91. The number of benzene rings is 3. The number of hydrogen-bond donors (Lipinski definition) is 2. The van der Waals surface area contributed by atoms with E-state index in [0.29, 0.717) is 43.1 Å². The molecule has 0 spiro atoms. The average Bonchev–Trinajstić information content (AvgIpc) is 3.84. The fourth-order valence-corrected chi connectivity index (χ4v) is 9.87. The normalized spacial score (nSPS) is 17.7. The van der Waals surface area contributed by atoms with Crippen LogP contribution in [0.5, 0.6) is 11.5 Å². The Kier molecular flexibility index (Phi) is 14.2. The lowest BCUT2D eigenvalue weighted by Crippen LogP contribution is -2.39. The Bertz CT molecular complexity index is 2110. The first-order chi connectivity index (χ1) is 28.0. The molecule has 1 saturated heterocycles. The number of nitriles is 1. The molecule has 13 nitrogen and oxygen atoms in total. The Morgan fingerprint density at radius 3 is 2.10 bits per heavy atom. The first-order valence-corrected chi connectivity index (χ1v) is 21.3. The first kappa shape index (κ1) is 42.8. The number of methoxy groups -OCH3 is 2. The van der Waals surface area contributed by atoms with E-state index in [1.807, 2.05) is 71.3 Å². The van der Waals surface area contributed by atoms with Crippen molar-refractivity contribution in [3.8, 4) is 17.6 Å². The highest BCUT2D eigenvalue weighted by Gasteiger charge is 2.45. The summed E-state index contributed by atoms with van der Waals surface area (Å²) < 4.78 is 36.8. The quantitative estimate of drug-likeness (QED) is 0.0614. The van der Waals surface area contributed by atoms with E-state index in [1.165, 1.54) is 0 Å². The smallest absolute Gasteiger partial charge is 0.280 e. The molecule has 4 atom stereocenters.